The highest BCUT2D eigenvalue weighted by Gasteiger charge is 2.31. The van der Waals surface area contributed by atoms with Gasteiger partial charge in [-0.05, 0) is 89.1 Å². The third-order valence-corrected chi connectivity index (χ3v) is 10.9. The normalized spacial score (nSPS) is 19.9. The summed E-state index contributed by atoms with van der Waals surface area (Å²) in [5.41, 5.74) is 12.8. The zero-order valence-electron chi connectivity index (χ0n) is 30.7. The molecule has 268 valence electrons. The van der Waals surface area contributed by atoms with Gasteiger partial charge < -0.3 is 0 Å². The molecule has 9 rings (SSSR count). The molecule has 0 aromatic heterocycles. The summed E-state index contributed by atoms with van der Waals surface area (Å²) in [6.45, 7) is 0. The second kappa shape index (κ2) is 15.4. The van der Waals surface area contributed by atoms with Gasteiger partial charge in [0.1, 0.15) is 0 Å². The Morgan fingerprint density at radius 1 is 0.455 bits per heavy atom. The van der Waals surface area contributed by atoms with Gasteiger partial charge in [0.15, 0.2) is 5.78 Å². The largest absolute Gasteiger partial charge is 0.289 e. The molecule has 0 spiro atoms. The van der Waals surface area contributed by atoms with Gasteiger partial charge in [-0.1, -0.05) is 146 Å². The second-order valence-electron chi connectivity index (χ2n) is 14.5. The van der Waals surface area contributed by atoms with Crippen LogP contribution in [0.5, 0.6) is 0 Å². The monoisotopic (exact) mass is 714 g/mol. The quantitative estimate of drug-likeness (QED) is 0.148. The Balaban J connectivity index is 0.929. The van der Waals surface area contributed by atoms with Crippen molar-refractivity contribution in [1.29, 1.82) is 0 Å². The van der Waals surface area contributed by atoms with E-state index in [1.165, 1.54) is 11.1 Å². The Bertz CT molecular complexity index is 2230. The molecular formula is C50H42N4O. The molecule has 2 aliphatic heterocycles. The number of hydrogen-bond donors (Lipinski definition) is 0. The number of rotatable bonds is 8. The summed E-state index contributed by atoms with van der Waals surface area (Å²) in [5, 5.41) is 14.5. The molecule has 55 heavy (non-hydrogen) atoms. The molecule has 0 bridgehead atoms. The van der Waals surface area contributed by atoms with Crippen LogP contribution in [0.1, 0.15) is 77.6 Å². The van der Waals surface area contributed by atoms with Gasteiger partial charge in [0.2, 0.25) is 0 Å². The maximum atomic E-state index is 13.8. The van der Waals surface area contributed by atoms with E-state index < -0.39 is 0 Å². The summed E-state index contributed by atoms with van der Waals surface area (Å²) in [7, 11) is 0. The van der Waals surface area contributed by atoms with E-state index in [1.54, 1.807) is 0 Å². The second-order valence-corrected chi connectivity index (χ2v) is 14.5. The molecule has 2 heterocycles. The van der Waals surface area contributed by atoms with E-state index in [2.05, 4.69) is 180 Å². The smallest absolute Gasteiger partial charge is 0.185 e. The third kappa shape index (κ3) is 7.34. The molecular weight excluding hydrogens is 673 g/mol. The van der Waals surface area contributed by atoms with Crippen molar-refractivity contribution in [2.45, 2.75) is 44.2 Å². The number of ketones is 1. The molecule has 1 aliphatic carbocycles. The lowest BCUT2D eigenvalue weighted by Crippen LogP contribution is -2.18. The number of carbonyl (C=O) groups excluding carboxylic acids is 1. The van der Waals surface area contributed by atoms with Crippen LogP contribution in [0.15, 0.2) is 191 Å². The summed E-state index contributed by atoms with van der Waals surface area (Å²) in [4.78, 5) is 13.8. The maximum absolute atomic E-state index is 13.8. The average Bonchev–Trinajstić information content (AvgIpc) is 3.91. The van der Waals surface area contributed by atoms with Crippen LogP contribution in [-0.4, -0.2) is 17.2 Å². The van der Waals surface area contributed by atoms with Gasteiger partial charge in [-0.2, -0.15) is 10.2 Å². The zero-order valence-corrected chi connectivity index (χ0v) is 30.7. The first-order valence-corrected chi connectivity index (χ1v) is 19.3. The van der Waals surface area contributed by atoms with E-state index in [4.69, 9.17) is 10.2 Å². The fourth-order valence-electron chi connectivity index (χ4n) is 8.00. The number of allylic oxidation sites excluding steroid dienone is 2. The minimum Gasteiger partial charge on any atom is -0.289 e. The SMILES string of the molecule is O=C1/C(=C/c2ccc(N3N=C(c4ccccc4)CC3c3ccccc3)cc2)CCC/C1=C\c1ccc(N2N=C(c3ccccc3)CC2c2ccccc2)cc1. The highest BCUT2D eigenvalue weighted by atomic mass is 16.1. The lowest BCUT2D eigenvalue weighted by Gasteiger charge is -2.24. The van der Waals surface area contributed by atoms with E-state index in [0.717, 1.165) is 88.3 Å². The van der Waals surface area contributed by atoms with Crippen molar-refractivity contribution in [2.75, 3.05) is 10.0 Å². The lowest BCUT2D eigenvalue weighted by molar-refractivity contribution is -0.112. The first-order valence-electron chi connectivity index (χ1n) is 19.3. The van der Waals surface area contributed by atoms with Crippen molar-refractivity contribution in [1.82, 2.24) is 0 Å². The molecule has 1 fully saturated rings. The van der Waals surface area contributed by atoms with Crippen LogP contribution in [0, 0.1) is 0 Å². The molecule has 6 aromatic rings. The Morgan fingerprint density at radius 3 is 1.20 bits per heavy atom. The first kappa shape index (κ1) is 34.2. The highest BCUT2D eigenvalue weighted by molar-refractivity contribution is 6.14. The van der Waals surface area contributed by atoms with E-state index in [-0.39, 0.29) is 17.9 Å². The number of anilines is 2. The summed E-state index contributed by atoms with van der Waals surface area (Å²) in [6, 6.07) is 59.2. The maximum Gasteiger partial charge on any atom is 0.185 e. The molecule has 0 radical (unpaired) electrons. The van der Waals surface area contributed by atoms with Crippen molar-refractivity contribution in [3.8, 4) is 0 Å². The van der Waals surface area contributed by atoms with Gasteiger partial charge in [-0.3, -0.25) is 14.8 Å². The summed E-state index contributed by atoms with van der Waals surface area (Å²) in [6.07, 6.45) is 8.32. The molecule has 0 N–H and O–H groups in total. The van der Waals surface area contributed by atoms with Crippen LogP contribution in [0.2, 0.25) is 0 Å². The fraction of sp³-hybridized carbons (Fsp3) is 0.140. The van der Waals surface area contributed by atoms with Crippen LogP contribution < -0.4 is 10.0 Å². The Hall–Kier alpha value is -6.59. The minimum atomic E-state index is 0.113. The van der Waals surface area contributed by atoms with Gasteiger partial charge in [0.05, 0.1) is 34.9 Å². The topological polar surface area (TPSA) is 48.3 Å². The minimum absolute atomic E-state index is 0.113. The molecule has 0 amide bonds. The number of nitrogens with zero attached hydrogens (tertiary/aromatic N) is 4. The van der Waals surface area contributed by atoms with Gasteiger partial charge in [0.25, 0.3) is 0 Å². The Morgan fingerprint density at radius 2 is 0.818 bits per heavy atom. The molecule has 5 nitrogen and oxygen atoms in total. The molecule has 5 heteroatoms. The number of hydrazone groups is 2. The van der Waals surface area contributed by atoms with Gasteiger partial charge in [-0.25, -0.2) is 0 Å². The number of benzene rings is 6. The van der Waals surface area contributed by atoms with Gasteiger partial charge in [0, 0.05) is 24.0 Å². The van der Waals surface area contributed by atoms with Crippen LogP contribution in [0.3, 0.4) is 0 Å². The molecule has 3 aliphatic rings. The lowest BCUT2D eigenvalue weighted by atomic mass is 9.87. The standard InChI is InChI=1S/C50H42N4O/c55-50-42(32-36-24-28-44(29-25-36)53-48(40-18-9-3-10-19-40)34-46(51-53)38-14-5-1-6-15-38)22-13-23-43(50)33-37-26-30-45(31-27-37)54-49(41-20-11-4-12-21-41)35-47(52-54)39-16-7-2-8-17-39/h1-12,14-21,24-33,48-49H,13,22-23,34-35H2/b42-32+,43-33+. The van der Waals surface area contributed by atoms with Gasteiger partial charge in [-0.15, -0.1) is 0 Å². The molecule has 6 aromatic carbocycles. The number of carbonyl (C=O) groups is 1. The molecule has 0 saturated heterocycles. The summed E-state index contributed by atoms with van der Waals surface area (Å²) >= 11 is 0. The average molecular weight is 715 g/mol. The van der Waals surface area contributed by atoms with Gasteiger partial charge >= 0.3 is 0 Å². The van der Waals surface area contributed by atoms with Crippen LogP contribution in [0.4, 0.5) is 11.4 Å². The first-order chi connectivity index (χ1) is 27.2. The predicted octanol–water partition coefficient (Wildman–Crippen LogP) is 11.6. The van der Waals surface area contributed by atoms with Crippen molar-refractivity contribution in [3.05, 3.63) is 214 Å². The van der Waals surface area contributed by atoms with Crippen molar-refractivity contribution in [3.63, 3.8) is 0 Å². The summed E-state index contributed by atoms with van der Waals surface area (Å²) < 4.78 is 0. The van der Waals surface area contributed by atoms with Crippen molar-refractivity contribution in [2.24, 2.45) is 10.2 Å². The third-order valence-electron chi connectivity index (χ3n) is 10.9. The Kier molecular flexibility index (Phi) is 9.58. The summed E-state index contributed by atoms with van der Waals surface area (Å²) in [5.74, 6) is 0.140. The van der Waals surface area contributed by atoms with E-state index in [9.17, 15) is 4.79 Å². The van der Waals surface area contributed by atoms with Crippen LogP contribution in [-0.2, 0) is 4.79 Å². The van der Waals surface area contributed by atoms with Crippen LogP contribution >= 0.6 is 0 Å². The fourth-order valence-corrected chi connectivity index (χ4v) is 8.00. The van der Waals surface area contributed by atoms with E-state index in [1.807, 2.05) is 12.1 Å². The van der Waals surface area contributed by atoms with Crippen LogP contribution in [0.25, 0.3) is 12.2 Å². The molecule has 1 saturated carbocycles. The molecule has 2 unspecified atom stereocenters. The van der Waals surface area contributed by atoms with Crippen molar-refractivity contribution < 1.29 is 4.79 Å². The number of Topliss-reactive ketones (excluding diaryl/α,β-unsaturated/α-hetero) is 1. The predicted molar refractivity (Wildman–Crippen MR) is 226 cm³/mol. The highest BCUT2D eigenvalue weighted by Crippen LogP contribution is 2.39. The molecule has 2 atom stereocenters. The van der Waals surface area contributed by atoms with E-state index >= 15 is 0 Å². The number of hydrogen-bond acceptors (Lipinski definition) is 5. The van der Waals surface area contributed by atoms with E-state index in [0.29, 0.717) is 0 Å². The van der Waals surface area contributed by atoms with Crippen molar-refractivity contribution >= 4 is 40.7 Å². The zero-order chi connectivity index (χ0) is 37.0. The Labute approximate surface area is 323 Å².